The zero-order valence-electron chi connectivity index (χ0n) is 12.8. The summed E-state index contributed by atoms with van der Waals surface area (Å²) in [5.74, 6) is -2.88. The van der Waals surface area contributed by atoms with Crippen molar-refractivity contribution in [2.75, 3.05) is 5.32 Å². The quantitative estimate of drug-likeness (QED) is 0.701. The van der Waals surface area contributed by atoms with Crippen molar-refractivity contribution in [2.24, 2.45) is 0 Å². The van der Waals surface area contributed by atoms with Gasteiger partial charge in [-0.05, 0) is 19.9 Å². The molecule has 11 heteroatoms. The smallest absolute Gasteiger partial charge is 0.420 e. The summed E-state index contributed by atoms with van der Waals surface area (Å²) in [4.78, 5) is 23.3. The van der Waals surface area contributed by atoms with Crippen molar-refractivity contribution >= 4 is 29.3 Å². The number of carboxylic acid groups (broad SMARTS) is 1. The van der Waals surface area contributed by atoms with Crippen LogP contribution in [0.3, 0.4) is 0 Å². The molecule has 1 radical (unpaired) electrons. The fourth-order valence-electron chi connectivity index (χ4n) is 1.22. The fraction of sp³-hybridized carbons (Fsp3) is 0.308. The number of carbonyl (C=O) groups excluding carboxylic acids is 1. The summed E-state index contributed by atoms with van der Waals surface area (Å²) in [6.07, 6.45) is -5.03. The van der Waals surface area contributed by atoms with Crippen molar-refractivity contribution in [3.05, 3.63) is 30.5 Å². The van der Waals surface area contributed by atoms with Gasteiger partial charge in [0, 0.05) is 32.7 Å². The van der Waals surface area contributed by atoms with E-state index in [0.29, 0.717) is 6.07 Å². The van der Waals surface area contributed by atoms with Crippen LogP contribution in [0, 0.1) is 13.8 Å². The summed E-state index contributed by atoms with van der Waals surface area (Å²) < 4.78 is 43.4. The predicted molar refractivity (Wildman–Crippen MR) is 77.0 cm³/mol. The van der Waals surface area contributed by atoms with Gasteiger partial charge in [0.1, 0.15) is 10.8 Å². The van der Waals surface area contributed by atoms with Crippen molar-refractivity contribution < 1.29 is 65.3 Å². The summed E-state index contributed by atoms with van der Waals surface area (Å²) in [7, 11) is 0. The molecule has 0 unspecified atom stereocenters. The Bertz CT molecular complexity index is 579. The number of pyridine rings is 1. The monoisotopic (exact) mass is 443 g/mol. The maximum absolute atomic E-state index is 12.8. The predicted octanol–water partition coefficient (Wildman–Crippen LogP) is 3.22. The number of ether oxygens (including phenoxy) is 1. The molecule has 0 saturated carbocycles. The zero-order chi connectivity index (χ0) is 18.4. The number of hydrogen-bond acceptors (Lipinski definition) is 4. The van der Waals surface area contributed by atoms with Crippen LogP contribution in [0.2, 0.25) is 5.02 Å². The number of hydrogen-bond donors (Lipinski definition) is 2. The first-order chi connectivity index (χ1) is 10.3. The minimum Gasteiger partial charge on any atom is -0.503 e. The minimum absolute atomic E-state index is 0. The van der Waals surface area contributed by atoms with E-state index in [-0.39, 0.29) is 49.7 Å². The Morgan fingerprint density at radius 2 is 1.83 bits per heavy atom. The van der Waals surface area contributed by atoms with Crippen molar-refractivity contribution in [3.63, 3.8) is 0 Å². The van der Waals surface area contributed by atoms with E-state index in [9.17, 15) is 18.0 Å². The van der Waals surface area contributed by atoms with Gasteiger partial charge in [-0.15, -0.1) is 0 Å². The number of alkyl halides is 3. The second-order valence-corrected chi connectivity index (χ2v) is 4.68. The number of anilines is 1. The van der Waals surface area contributed by atoms with Crippen LogP contribution in [-0.2, 0) is 48.5 Å². The topological polar surface area (TPSA) is 88.5 Å². The molecule has 1 aromatic heterocycles. The molecule has 1 rings (SSSR count). The summed E-state index contributed by atoms with van der Waals surface area (Å²) in [6, 6.07) is 0.650. The molecule has 0 spiro atoms. The number of aromatic nitrogens is 1. The number of nitrogens with zero attached hydrogens (tertiary/aromatic N) is 1. The van der Waals surface area contributed by atoms with E-state index in [4.69, 9.17) is 26.2 Å². The fourth-order valence-corrected chi connectivity index (χ4v) is 1.42. The molecule has 0 fully saturated rings. The Hall–Kier alpha value is -1.19. The van der Waals surface area contributed by atoms with E-state index < -0.39 is 29.4 Å². The molecule has 1 aromatic rings. The maximum Gasteiger partial charge on any atom is 0.420 e. The standard InChI is InChI=1S/C11H11ClF3N2O2.C2H3O2.Y/c1-5(2)19-10-8(12)4-7(11(13,14)15)9(17-10)16-6(3)18;1-2(3)4;/h4-5H,3H2,1-2H3,(H,16,17,18);1H2,(H,3,4);/q2*-1;. The number of amides is 1. The van der Waals surface area contributed by atoms with Crippen molar-refractivity contribution in [3.8, 4) is 5.88 Å². The molecular weight excluding hydrogens is 430 g/mol. The Morgan fingerprint density at radius 1 is 1.38 bits per heavy atom. The first kappa shape index (κ1) is 25.1. The Balaban J connectivity index is 0. The molecule has 0 aromatic carbocycles. The SMILES string of the molecule is [CH2-]C(=O)Nc1nc(OC(C)C)c(Cl)cc1C(F)(F)F.[CH2-]C(=O)O.[Y]. The average molecular weight is 444 g/mol. The van der Waals surface area contributed by atoms with Crippen LogP contribution in [0.5, 0.6) is 5.88 Å². The van der Waals surface area contributed by atoms with Crippen LogP contribution >= 0.6 is 11.6 Å². The molecule has 0 atom stereocenters. The molecule has 0 aliphatic rings. The van der Waals surface area contributed by atoms with Crippen molar-refractivity contribution in [1.82, 2.24) is 4.98 Å². The van der Waals surface area contributed by atoms with E-state index in [1.807, 2.05) is 5.32 Å². The van der Waals surface area contributed by atoms with Gasteiger partial charge >= 0.3 is 6.18 Å². The molecule has 133 valence electrons. The molecule has 2 N–H and O–H groups in total. The molecular formula is C13H14ClF3N2O4Y-2. The third kappa shape index (κ3) is 9.84. The molecule has 0 aliphatic heterocycles. The van der Waals surface area contributed by atoms with E-state index in [2.05, 4.69) is 18.8 Å². The first-order valence-electron chi connectivity index (χ1n) is 5.96. The van der Waals surface area contributed by atoms with Crippen LogP contribution in [0.4, 0.5) is 19.0 Å². The molecule has 0 bridgehead atoms. The van der Waals surface area contributed by atoms with Gasteiger partial charge in [0.05, 0.1) is 17.6 Å². The molecule has 0 saturated heterocycles. The maximum atomic E-state index is 12.8. The Kier molecular flexibility index (Phi) is 11.1. The molecule has 24 heavy (non-hydrogen) atoms. The third-order valence-corrected chi connectivity index (χ3v) is 2.13. The Morgan fingerprint density at radius 3 is 2.17 bits per heavy atom. The average Bonchev–Trinajstić information content (AvgIpc) is 2.29. The van der Waals surface area contributed by atoms with Gasteiger partial charge in [-0.2, -0.15) is 18.2 Å². The summed E-state index contributed by atoms with van der Waals surface area (Å²) >= 11 is 5.67. The van der Waals surface area contributed by atoms with Gasteiger partial charge in [-0.1, -0.05) is 11.6 Å². The third-order valence-electron chi connectivity index (χ3n) is 1.85. The summed E-state index contributed by atoms with van der Waals surface area (Å²) in [5.41, 5.74) is -1.16. The van der Waals surface area contributed by atoms with Crippen LogP contribution < -0.4 is 10.1 Å². The zero-order valence-corrected chi connectivity index (χ0v) is 16.4. The molecule has 0 aliphatic carbocycles. The van der Waals surface area contributed by atoms with E-state index in [1.54, 1.807) is 13.8 Å². The molecule has 6 nitrogen and oxygen atoms in total. The number of carbonyl (C=O) groups is 2. The molecule has 1 heterocycles. The van der Waals surface area contributed by atoms with Crippen molar-refractivity contribution in [2.45, 2.75) is 26.1 Å². The van der Waals surface area contributed by atoms with Gasteiger partial charge in [0.15, 0.2) is 5.97 Å². The van der Waals surface area contributed by atoms with Gasteiger partial charge in [0.2, 0.25) is 5.88 Å². The molecule has 1 amide bonds. The van der Waals surface area contributed by atoms with Gasteiger partial charge in [-0.25, -0.2) is 0 Å². The minimum atomic E-state index is -4.70. The van der Waals surface area contributed by atoms with Gasteiger partial charge in [0.25, 0.3) is 0 Å². The van der Waals surface area contributed by atoms with Gasteiger partial charge < -0.3 is 26.9 Å². The van der Waals surface area contributed by atoms with Crippen LogP contribution in [-0.4, -0.2) is 28.1 Å². The largest absolute Gasteiger partial charge is 0.503 e. The Labute approximate surface area is 167 Å². The van der Waals surface area contributed by atoms with Crippen LogP contribution in [0.1, 0.15) is 19.4 Å². The number of nitrogens with one attached hydrogen (secondary N) is 1. The second kappa shape index (κ2) is 10.6. The number of halogens is 4. The van der Waals surface area contributed by atoms with E-state index in [0.717, 1.165) is 0 Å². The van der Waals surface area contributed by atoms with E-state index in [1.165, 1.54) is 0 Å². The van der Waals surface area contributed by atoms with E-state index >= 15 is 0 Å². The normalized spacial score (nSPS) is 10.1. The number of aliphatic carboxylic acids is 1. The number of carboxylic acids is 1. The van der Waals surface area contributed by atoms with Crippen LogP contribution in [0.15, 0.2) is 6.07 Å². The number of rotatable bonds is 3. The summed E-state index contributed by atoms with van der Waals surface area (Å²) in [6.45, 7) is 8.82. The first-order valence-corrected chi connectivity index (χ1v) is 6.34. The van der Waals surface area contributed by atoms with Crippen molar-refractivity contribution in [1.29, 1.82) is 0 Å². The summed E-state index contributed by atoms with van der Waals surface area (Å²) in [5, 5.41) is 8.92. The second-order valence-electron chi connectivity index (χ2n) is 4.28. The van der Waals surface area contributed by atoms with Crippen LogP contribution in [0.25, 0.3) is 0 Å². The van der Waals surface area contributed by atoms with Gasteiger partial charge in [-0.3, -0.25) is 11.7 Å².